The summed E-state index contributed by atoms with van der Waals surface area (Å²) in [5, 5.41) is -0.346. The van der Waals surface area contributed by atoms with Gasteiger partial charge in [-0.05, 0) is 12.1 Å². The number of nitrogens with two attached hydrogens (primary N) is 1. The second kappa shape index (κ2) is 2.84. The van der Waals surface area contributed by atoms with Crippen molar-refractivity contribution < 1.29 is 9.18 Å². The minimum atomic E-state index is -0.730. The lowest BCUT2D eigenvalue weighted by molar-refractivity contribution is 0.0995. The molecule has 1 aromatic heterocycles. The Hall–Kier alpha value is -1.16. The van der Waals surface area contributed by atoms with Crippen molar-refractivity contribution in [1.82, 2.24) is 4.98 Å². The van der Waals surface area contributed by atoms with E-state index in [4.69, 9.17) is 17.3 Å². The van der Waals surface area contributed by atoms with Gasteiger partial charge in [-0.1, -0.05) is 11.6 Å². The van der Waals surface area contributed by atoms with E-state index in [2.05, 4.69) is 4.98 Å². The van der Waals surface area contributed by atoms with E-state index in [0.717, 1.165) is 6.07 Å². The zero-order valence-electron chi connectivity index (χ0n) is 5.34. The highest BCUT2D eigenvalue weighted by molar-refractivity contribution is 6.29. The number of primary amides is 1. The molecule has 11 heavy (non-hydrogen) atoms. The molecule has 1 amide bonds. The number of amides is 1. The van der Waals surface area contributed by atoms with E-state index >= 15 is 0 Å². The molecule has 2 N–H and O–H groups in total. The Morgan fingerprint density at radius 2 is 2.27 bits per heavy atom. The number of halogens is 2. The highest BCUT2D eigenvalue weighted by atomic mass is 35.5. The van der Waals surface area contributed by atoms with Crippen LogP contribution in [0.15, 0.2) is 12.1 Å². The van der Waals surface area contributed by atoms with Gasteiger partial charge in [0.1, 0.15) is 5.69 Å². The zero-order valence-corrected chi connectivity index (χ0v) is 6.10. The van der Waals surface area contributed by atoms with Gasteiger partial charge in [-0.3, -0.25) is 4.79 Å². The van der Waals surface area contributed by atoms with Gasteiger partial charge in [0.2, 0.25) is 0 Å². The number of rotatable bonds is 1. The summed E-state index contributed by atoms with van der Waals surface area (Å²) >= 11 is 5.26. The van der Waals surface area contributed by atoms with E-state index in [0.29, 0.717) is 0 Å². The van der Waals surface area contributed by atoms with E-state index in [-0.39, 0.29) is 10.8 Å². The largest absolute Gasteiger partial charge is 0.364 e. The normalized spacial score (nSPS) is 9.64. The summed E-state index contributed by atoms with van der Waals surface area (Å²) in [6, 6.07) is 2.21. The fourth-order valence-corrected chi connectivity index (χ4v) is 0.709. The van der Waals surface area contributed by atoms with Crippen LogP contribution < -0.4 is 5.73 Å². The molecule has 0 atom stereocenters. The van der Waals surface area contributed by atoms with Crippen LogP contribution in [0.5, 0.6) is 0 Å². The van der Waals surface area contributed by atoms with Gasteiger partial charge in [-0.15, -0.1) is 0 Å². The Balaban J connectivity index is 3.15. The van der Waals surface area contributed by atoms with Crippen molar-refractivity contribution in [3.63, 3.8) is 0 Å². The van der Waals surface area contributed by atoms with E-state index in [1.807, 2.05) is 0 Å². The second-order valence-electron chi connectivity index (χ2n) is 1.83. The quantitative estimate of drug-likeness (QED) is 0.645. The molecule has 0 saturated carbocycles. The van der Waals surface area contributed by atoms with Gasteiger partial charge in [0.25, 0.3) is 5.91 Å². The molecule has 0 saturated heterocycles. The molecule has 0 aliphatic rings. The van der Waals surface area contributed by atoms with Crippen LogP contribution in [0.4, 0.5) is 4.39 Å². The van der Waals surface area contributed by atoms with Crippen molar-refractivity contribution in [3.8, 4) is 0 Å². The average Bonchev–Trinajstić information content (AvgIpc) is 1.94. The first-order valence-corrected chi connectivity index (χ1v) is 3.11. The Bertz CT molecular complexity index is 303. The fourth-order valence-electron chi connectivity index (χ4n) is 0.555. The monoisotopic (exact) mass is 174 g/mol. The molecule has 58 valence electrons. The average molecular weight is 175 g/mol. The molecule has 0 spiro atoms. The van der Waals surface area contributed by atoms with Crippen molar-refractivity contribution in [2.45, 2.75) is 0 Å². The molecule has 0 aliphatic heterocycles. The van der Waals surface area contributed by atoms with Gasteiger partial charge in [0, 0.05) is 0 Å². The first kappa shape index (κ1) is 7.94. The van der Waals surface area contributed by atoms with E-state index in [1.54, 1.807) is 0 Å². The van der Waals surface area contributed by atoms with Gasteiger partial charge in [0.15, 0.2) is 11.0 Å². The Kier molecular flexibility index (Phi) is 2.05. The van der Waals surface area contributed by atoms with Crippen LogP contribution in [-0.2, 0) is 0 Å². The third kappa shape index (κ3) is 1.65. The number of hydrogen-bond donors (Lipinski definition) is 1. The predicted molar refractivity (Wildman–Crippen MR) is 37.7 cm³/mol. The molecule has 1 rings (SSSR count). The zero-order chi connectivity index (χ0) is 8.43. The summed E-state index contributed by atoms with van der Waals surface area (Å²) in [7, 11) is 0. The number of nitrogens with zero attached hydrogens (tertiary/aromatic N) is 1. The number of carbonyl (C=O) groups is 1. The van der Waals surface area contributed by atoms with Gasteiger partial charge < -0.3 is 5.73 Å². The molecule has 0 fully saturated rings. The van der Waals surface area contributed by atoms with Crippen LogP contribution in [0, 0.1) is 5.82 Å². The van der Waals surface area contributed by atoms with E-state index in [9.17, 15) is 9.18 Å². The predicted octanol–water partition coefficient (Wildman–Crippen LogP) is 0.973. The summed E-state index contributed by atoms with van der Waals surface area (Å²) in [5.74, 6) is -1.40. The van der Waals surface area contributed by atoms with Crippen LogP contribution >= 0.6 is 11.6 Å². The minimum absolute atomic E-state index is 0.0450. The first-order chi connectivity index (χ1) is 5.11. The molecular weight excluding hydrogens is 171 g/mol. The molecule has 3 nitrogen and oxygen atoms in total. The highest BCUT2D eigenvalue weighted by Gasteiger charge is 2.05. The van der Waals surface area contributed by atoms with Crippen molar-refractivity contribution in [2.24, 2.45) is 5.73 Å². The van der Waals surface area contributed by atoms with Crippen molar-refractivity contribution in [1.29, 1.82) is 0 Å². The lowest BCUT2D eigenvalue weighted by Gasteiger charge is -1.95. The standard InChI is InChI=1S/C6H4ClFN2O/c7-5-3(8)1-2-4(10-5)6(9)11/h1-2H,(H2,9,11). The summed E-state index contributed by atoms with van der Waals surface area (Å²) in [6.45, 7) is 0. The molecule has 0 bridgehead atoms. The van der Waals surface area contributed by atoms with Gasteiger partial charge in [-0.25, -0.2) is 9.37 Å². The summed E-state index contributed by atoms with van der Waals surface area (Å²) in [5.41, 5.74) is 4.81. The first-order valence-electron chi connectivity index (χ1n) is 2.73. The van der Waals surface area contributed by atoms with Crippen LogP contribution in [0.2, 0.25) is 5.15 Å². The number of hydrogen-bond acceptors (Lipinski definition) is 2. The van der Waals surface area contributed by atoms with Crippen LogP contribution in [0.25, 0.3) is 0 Å². The third-order valence-corrected chi connectivity index (χ3v) is 1.32. The smallest absolute Gasteiger partial charge is 0.267 e. The second-order valence-corrected chi connectivity index (χ2v) is 2.19. The maximum atomic E-state index is 12.4. The maximum Gasteiger partial charge on any atom is 0.267 e. The van der Waals surface area contributed by atoms with Gasteiger partial charge in [-0.2, -0.15) is 0 Å². The van der Waals surface area contributed by atoms with E-state index in [1.165, 1.54) is 6.07 Å². The lowest BCUT2D eigenvalue weighted by atomic mass is 10.3. The van der Waals surface area contributed by atoms with Gasteiger partial charge in [0.05, 0.1) is 0 Å². The van der Waals surface area contributed by atoms with Crippen LogP contribution in [-0.4, -0.2) is 10.9 Å². The third-order valence-electron chi connectivity index (χ3n) is 1.06. The summed E-state index contributed by atoms with van der Waals surface area (Å²) < 4.78 is 12.4. The van der Waals surface area contributed by atoms with Crippen molar-refractivity contribution in [3.05, 3.63) is 28.8 Å². The van der Waals surface area contributed by atoms with Crippen molar-refractivity contribution in [2.75, 3.05) is 0 Å². The molecule has 1 aromatic rings. The lowest BCUT2D eigenvalue weighted by Crippen LogP contribution is -2.13. The topological polar surface area (TPSA) is 56.0 Å². The SMILES string of the molecule is NC(=O)c1ccc(F)c(Cl)n1. The molecular formula is C6H4ClFN2O. The number of carbonyl (C=O) groups excluding carboxylic acids is 1. The number of pyridine rings is 1. The van der Waals surface area contributed by atoms with Crippen LogP contribution in [0.1, 0.15) is 10.5 Å². The highest BCUT2D eigenvalue weighted by Crippen LogP contribution is 2.10. The molecule has 0 unspecified atom stereocenters. The van der Waals surface area contributed by atoms with Crippen molar-refractivity contribution >= 4 is 17.5 Å². The fraction of sp³-hybridized carbons (Fsp3) is 0. The minimum Gasteiger partial charge on any atom is -0.364 e. The Labute approximate surface area is 67.0 Å². The Morgan fingerprint density at radius 3 is 2.73 bits per heavy atom. The van der Waals surface area contributed by atoms with Gasteiger partial charge >= 0.3 is 0 Å². The molecule has 0 aromatic carbocycles. The van der Waals surface area contributed by atoms with Crippen LogP contribution in [0.3, 0.4) is 0 Å². The summed E-state index contributed by atoms with van der Waals surface area (Å²) in [4.78, 5) is 13.8. The molecule has 0 radical (unpaired) electrons. The Morgan fingerprint density at radius 1 is 1.64 bits per heavy atom. The summed E-state index contributed by atoms with van der Waals surface area (Å²) in [6.07, 6.45) is 0. The van der Waals surface area contributed by atoms with E-state index < -0.39 is 11.7 Å². The number of aromatic nitrogens is 1. The molecule has 5 heteroatoms. The molecule has 1 heterocycles. The maximum absolute atomic E-state index is 12.4. The molecule has 0 aliphatic carbocycles.